The fraction of sp³-hybridized carbons (Fsp3) is 0.350. The number of anilines is 1. The summed E-state index contributed by atoms with van der Waals surface area (Å²) in [6.07, 6.45) is 2.97. The molecule has 0 saturated carbocycles. The Morgan fingerprint density at radius 1 is 1.21 bits per heavy atom. The molecule has 1 N–H and O–H groups in total. The molecule has 2 heterocycles. The van der Waals surface area contributed by atoms with Gasteiger partial charge in [-0.2, -0.15) is 5.10 Å². The molecule has 1 fully saturated rings. The highest BCUT2D eigenvalue weighted by Gasteiger charge is 2.21. The molecule has 1 aromatic heterocycles. The van der Waals surface area contributed by atoms with E-state index in [4.69, 9.17) is 23.2 Å². The van der Waals surface area contributed by atoms with Crippen molar-refractivity contribution in [2.24, 2.45) is 7.05 Å². The van der Waals surface area contributed by atoms with E-state index in [2.05, 4.69) is 15.3 Å². The molecule has 1 aliphatic heterocycles. The Morgan fingerprint density at radius 2 is 1.93 bits per heavy atom. The topological polar surface area (TPSA) is 70.5 Å². The lowest BCUT2D eigenvalue weighted by molar-refractivity contribution is -0.132. The van der Waals surface area contributed by atoms with Crippen LogP contribution in [0.5, 0.6) is 0 Å². The number of rotatable bonds is 5. The first-order valence-electron chi connectivity index (χ1n) is 9.28. The summed E-state index contributed by atoms with van der Waals surface area (Å²) >= 11 is 12.2. The van der Waals surface area contributed by atoms with Crippen LogP contribution < -0.4 is 10.2 Å². The van der Waals surface area contributed by atoms with Gasteiger partial charge in [-0.15, -0.1) is 0 Å². The van der Waals surface area contributed by atoms with E-state index in [1.54, 1.807) is 22.7 Å². The minimum absolute atomic E-state index is 0.0416. The zero-order chi connectivity index (χ0) is 21.0. The number of nitrogens with zero attached hydrogens (tertiary/aromatic N) is 4. The molecule has 1 saturated heterocycles. The van der Waals surface area contributed by atoms with Crippen molar-refractivity contribution in [3.63, 3.8) is 0 Å². The molecule has 0 atom stereocenters. The number of piperazine rings is 1. The van der Waals surface area contributed by atoms with Crippen LogP contribution in [0.1, 0.15) is 11.3 Å². The lowest BCUT2D eigenvalue weighted by Gasteiger charge is -2.36. The van der Waals surface area contributed by atoms with Crippen molar-refractivity contribution in [1.29, 1.82) is 0 Å². The summed E-state index contributed by atoms with van der Waals surface area (Å²) in [6, 6.07) is 7.68. The van der Waals surface area contributed by atoms with Crippen LogP contribution in [-0.2, 0) is 16.6 Å². The Hall–Kier alpha value is -2.51. The summed E-state index contributed by atoms with van der Waals surface area (Å²) in [7, 11) is 1.73. The van der Waals surface area contributed by atoms with E-state index < -0.39 is 0 Å². The number of hydrogen-bond acceptors (Lipinski definition) is 4. The van der Waals surface area contributed by atoms with Gasteiger partial charge in [0, 0.05) is 55.6 Å². The van der Waals surface area contributed by atoms with Gasteiger partial charge in [0.15, 0.2) is 0 Å². The van der Waals surface area contributed by atoms with Gasteiger partial charge < -0.3 is 15.1 Å². The molecule has 9 heteroatoms. The molecule has 0 aliphatic carbocycles. The van der Waals surface area contributed by atoms with Gasteiger partial charge in [0.25, 0.3) is 0 Å². The van der Waals surface area contributed by atoms with Gasteiger partial charge in [-0.05, 0) is 31.2 Å². The Kier molecular flexibility index (Phi) is 6.82. The predicted molar refractivity (Wildman–Crippen MR) is 115 cm³/mol. The van der Waals surface area contributed by atoms with Crippen molar-refractivity contribution in [2.75, 3.05) is 37.6 Å². The number of halogens is 2. The minimum atomic E-state index is -0.352. The molecule has 1 aliphatic rings. The van der Waals surface area contributed by atoms with Crippen molar-refractivity contribution >= 4 is 46.8 Å². The molecule has 29 heavy (non-hydrogen) atoms. The SMILES string of the molecule is Cc1nn(C)c(Cl)c1/C=C/C(=O)NCC(=O)N1CCN(c2cccc(Cl)c2)CC1. The first-order valence-corrected chi connectivity index (χ1v) is 10.0. The second-order valence-corrected chi connectivity index (χ2v) is 7.61. The third kappa shape index (κ3) is 5.31. The van der Waals surface area contributed by atoms with Crippen LogP contribution >= 0.6 is 23.2 Å². The molecular weight excluding hydrogens is 413 g/mol. The lowest BCUT2D eigenvalue weighted by atomic mass is 10.2. The molecular formula is C20H23Cl2N5O2. The van der Waals surface area contributed by atoms with Crippen LogP contribution in [0.3, 0.4) is 0 Å². The molecule has 7 nitrogen and oxygen atoms in total. The average molecular weight is 436 g/mol. The van der Waals surface area contributed by atoms with Crippen LogP contribution in [0, 0.1) is 6.92 Å². The fourth-order valence-electron chi connectivity index (χ4n) is 3.22. The van der Waals surface area contributed by atoms with E-state index in [0.717, 1.165) is 24.5 Å². The van der Waals surface area contributed by atoms with E-state index in [1.165, 1.54) is 6.08 Å². The monoisotopic (exact) mass is 435 g/mol. The van der Waals surface area contributed by atoms with Crippen LogP contribution in [-0.4, -0.2) is 59.2 Å². The van der Waals surface area contributed by atoms with Gasteiger partial charge in [-0.3, -0.25) is 14.3 Å². The van der Waals surface area contributed by atoms with Crippen molar-refractivity contribution in [3.05, 3.63) is 51.8 Å². The van der Waals surface area contributed by atoms with E-state index in [0.29, 0.717) is 28.8 Å². The second kappa shape index (κ2) is 9.33. The number of hydrogen-bond donors (Lipinski definition) is 1. The quantitative estimate of drug-likeness (QED) is 0.732. The third-order valence-electron chi connectivity index (χ3n) is 4.82. The highest BCUT2D eigenvalue weighted by Crippen LogP contribution is 2.21. The largest absolute Gasteiger partial charge is 0.368 e. The number of aryl methyl sites for hydroxylation is 2. The van der Waals surface area contributed by atoms with Crippen LogP contribution in [0.4, 0.5) is 5.69 Å². The summed E-state index contributed by atoms with van der Waals surface area (Å²) in [5, 5.41) is 7.97. The molecule has 2 amide bonds. The van der Waals surface area contributed by atoms with Gasteiger partial charge in [0.2, 0.25) is 11.8 Å². The normalized spacial score (nSPS) is 14.5. The maximum Gasteiger partial charge on any atom is 0.244 e. The molecule has 0 spiro atoms. The Bertz CT molecular complexity index is 933. The van der Waals surface area contributed by atoms with Crippen LogP contribution in [0.2, 0.25) is 10.2 Å². The van der Waals surface area contributed by atoms with Gasteiger partial charge in [-0.25, -0.2) is 0 Å². The van der Waals surface area contributed by atoms with E-state index in [1.807, 2.05) is 31.2 Å². The number of carbonyl (C=O) groups excluding carboxylic acids is 2. The van der Waals surface area contributed by atoms with Crippen LogP contribution in [0.25, 0.3) is 6.08 Å². The first-order chi connectivity index (χ1) is 13.8. The standard InChI is InChI=1S/C20H23Cl2N5O2/c1-14-17(20(22)25(2)24-14)6-7-18(28)23-13-19(29)27-10-8-26(9-11-27)16-5-3-4-15(21)12-16/h3-7,12H,8-11,13H2,1-2H3,(H,23,28)/b7-6+. The Balaban J connectivity index is 1.46. The van der Waals surface area contributed by atoms with E-state index >= 15 is 0 Å². The van der Waals surface area contributed by atoms with Gasteiger partial charge in [0.05, 0.1) is 12.2 Å². The van der Waals surface area contributed by atoms with E-state index in [9.17, 15) is 9.59 Å². The lowest BCUT2D eigenvalue weighted by Crippen LogP contribution is -2.51. The number of benzene rings is 1. The number of aromatic nitrogens is 2. The summed E-state index contributed by atoms with van der Waals surface area (Å²) in [6.45, 7) is 4.41. The van der Waals surface area contributed by atoms with Gasteiger partial charge in [0.1, 0.15) is 5.15 Å². The molecule has 1 aromatic carbocycles. The molecule has 154 valence electrons. The fourth-order valence-corrected chi connectivity index (χ4v) is 3.64. The zero-order valence-electron chi connectivity index (χ0n) is 16.4. The third-order valence-corrected chi connectivity index (χ3v) is 5.50. The molecule has 2 aromatic rings. The molecule has 0 radical (unpaired) electrons. The minimum Gasteiger partial charge on any atom is -0.368 e. The first kappa shape index (κ1) is 21.2. The Labute approximate surface area is 179 Å². The van der Waals surface area contributed by atoms with Crippen molar-refractivity contribution in [3.8, 4) is 0 Å². The van der Waals surface area contributed by atoms with E-state index in [-0.39, 0.29) is 18.4 Å². The molecule has 0 bridgehead atoms. The highest BCUT2D eigenvalue weighted by atomic mass is 35.5. The summed E-state index contributed by atoms with van der Waals surface area (Å²) in [5.74, 6) is -0.455. The van der Waals surface area contributed by atoms with Crippen molar-refractivity contribution < 1.29 is 9.59 Å². The van der Waals surface area contributed by atoms with Gasteiger partial charge in [-0.1, -0.05) is 29.3 Å². The average Bonchev–Trinajstić information content (AvgIpc) is 2.96. The predicted octanol–water partition coefficient (Wildman–Crippen LogP) is 2.51. The maximum absolute atomic E-state index is 12.4. The Morgan fingerprint density at radius 3 is 2.55 bits per heavy atom. The number of amides is 2. The molecule has 3 rings (SSSR count). The van der Waals surface area contributed by atoms with Gasteiger partial charge >= 0.3 is 0 Å². The number of carbonyl (C=O) groups is 2. The zero-order valence-corrected chi connectivity index (χ0v) is 17.9. The highest BCUT2D eigenvalue weighted by molar-refractivity contribution is 6.31. The van der Waals surface area contributed by atoms with Crippen molar-refractivity contribution in [2.45, 2.75) is 6.92 Å². The maximum atomic E-state index is 12.4. The summed E-state index contributed by atoms with van der Waals surface area (Å²) in [4.78, 5) is 28.4. The second-order valence-electron chi connectivity index (χ2n) is 6.81. The molecule has 0 unspecified atom stereocenters. The number of nitrogens with one attached hydrogen (secondary N) is 1. The smallest absolute Gasteiger partial charge is 0.244 e. The summed E-state index contributed by atoms with van der Waals surface area (Å²) in [5.41, 5.74) is 2.47. The summed E-state index contributed by atoms with van der Waals surface area (Å²) < 4.78 is 1.54. The van der Waals surface area contributed by atoms with Crippen molar-refractivity contribution in [1.82, 2.24) is 20.0 Å². The van der Waals surface area contributed by atoms with Crippen LogP contribution in [0.15, 0.2) is 30.3 Å².